The van der Waals surface area contributed by atoms with E-state index in [1.807, 2.05) is 18.5 Å². The lowest BCUT2D eigenvalue weighted by molar-refractivity contribution is -0.112. The number of allylic oxidation sites excluding steroid dienone is 2. The number of aliphatic hydroxyl groups excluding tert-OH is 1. The number of ketones is 1. The Morgan fingerprint density at radius 2 is 1.31 bits per heavy atom. The summed E-state index contributed by atoms with van der Waals surface area (Å²) >= 11 is 0. The summed E-state index contributed by atoms with van der Waals surface area (Å²) in [4.78, 5) is 15.8. The van der Waals surface area contributed by atoms with Crippen molar-refractivity contribution in [2.45, 2.75) is 58.3 Å². The van der Waals surface area contributed by atoms with Crippen LogP contribution < -0.4 is 20.7 Å². The van der Waals surface area contributed by atoms with Crippen LogP contribution in [0, 0.1) is 0 Å². The maximum atomic E-state index is 11.3. The summed E-state index contributed by atoms with van der Waals surface area (Å²) in [5.74, 6) is 0.832. The van der Waals surface area contributed by atoms with Crippen molar-refractivity contribution in [1.29, 1.82) is 0 Å². The van der Waals surface area contributed by atoms with Gasteiger partial charge in [0, 0.05) is 24.9 Å². The van der Waals surface area contributed by atoms with Gasteiger partial charge in [0.05, 0.1) is 5.76 Å². The lowest BCUT2D eigenvalue weighted by atomic mass is 9.84. The molecule has 256 valence electrons. The Labute approximate surface area is 304 Å². The van der Waals surface area contributed by atoms with E-state index < -0.39 is 8.07 Å². The molecule has 0 bridgehead atoms. The zero-order valence-corrected chi connectivity index (χ0v) is 30.9. The summed E-state index contributed by atoms with van der Waals surface area (Å²) in [6.07, 6.45) is 8.43. The van der Waals surface area contributed by atoms with Crippen LogP contribution in [-0.4, -0.2) is 23.9 Å². The van der Waals surface area contributed by atoms with Crippen LogP contribution in [0.3, 0.4) is 0 Å². The fourth-order valence-corrected chi connectivity index (χ4v) is 12.6. The molecule has 1 aromatic heterocycles. The highest BCUT2D eigenvalue weighted by atomic mass is 28.3. The van der Waals surface area contributed by atoms with Crippen molar-refractivity contribution in [2.24, 2.45) is 0 Å². The maximum absolute atomic E-state index is 11.3. The summed E-state index contributed by atoms with van der Waals surface area (Å²) in [5, 5.41) is 15.4. The summed E-state index contributed by atoms with van der Waals surface area (Å²) in [6.45, 7) is 6.09. The summed E-state index contributed by atoms with van der Waals surface area (Å²) in [6, 6.07) is 53.7. The van der Waals surface area contributed by atoms with E-state index in [0.29, 0.717) is 24.7 Å². The largest absolute Gasteiger partial charge is 0.512 e. The summed E-state index contributed by atoms with van der Waals surface area (Å²) < 4.78 is 0. The fraction of sp³-hybridized carbons (Fsp3) is 0.191. The number of hydrogen-bond donors (Lipinski definition) is 1. The number of nitrogens with zero attached hydrogens (tertiary/aromatic N) is 1. The topological polar surface area (TPSA) is 50.2 Å². The van der Waals surface area contributed by atoms with Crippen LogP contribution >= 0.6 is 0 Å². The predicted molar refractivity (Wildman–Crippen MR) is 216 cm³/mol. The first-order chi connectivity index (χ1) is 24.9. The maximum Gasteiger partial charge on any atom is 0.180 e. The minimum atomic E-state index is -2.77. The zero-order chi connectivity index (χ0) is 35.6. The van der Waals surface area contributed by atoms with E-state index in [0.717, 1.165) is 24.0 Å². The SMILES string of the molecule is CCC(CC(C)c1ccc([Si](c2ccccc2)(c2ccccc2)c2ccccc2-c2cccnc2)cc1)c1ccc(CCC(O)=CC(C)=O)cc1. The van der Waals surface area contributed by atoms with Crippen molar-refractivity contribution >= 4 is 34.6 Å². The van der Waals surface area contributed by atoms with Gasteiger partial charge in [-0.25, -0.2) is 0 Å². The minimum absolute atomic E-state index is 0.127. The Bertz CT molecular complexity index is 2000. The molecule has 0 aliphatic heterocycles. The van der Waals surface area contributed by atoms with Crippen molar-refractivity contribution in [2.75, 3.05) is 0 Å². The van der Waals surface area contributed by atoms with Crippen molar-refractivity contribution in [3.63, 3.8) is 0 Å². The zero-order valence-electron chi connectivity index (χ0n) is 29.9. The highest BCUT2D eigenvalue weighted by Gasteiger charge is 2.43. The smallest absolute Gasteiger partial charge is 0.180 e. The quantitative estimate of drug-likeness (QED) is 0.0540. The van der Waals surface area contributed by atoms with Crippen LogP contribution in [0.25, 0.3) is 11.1 Å². The third-order valence-electron chi connectivity index (χ3n) is 10.3. The monoisotopic (exact) mass is 685 g/mol. The normalized spacial score (nSPS) is 13.0. The Morgan fingerprint density at radius 3 is 1.90 bits per heavy atom. The molecule has 0 radical (unpaired) electrons. The number of aliphatic hydroxyl groups is 1. The molecule has 5 aromatic carbocycles. The second-order valence-electron chi connectivity index (χ2n) is 13.6. The highest BCUT2D eigenvalue weighted by Crippen LogP contribution is 2.32. The number of aryl methyl sites for hydroxylation is 1. The molecule has 0 aliphatic rings. The van der Waals surface area contributed by atoms with Gasteiger partial charge in [-0.2, -0.15) is 0 Å². The number of pyridine rings is 1. The van der Waals surface area contributed by atoms with Gasteiger partial charge in [0.2, 0.25) is 0 Å². The standard InChI is InChI=1S/C47H47NO2Si/c1-4-38(40-24-21-37(22-25-40)23-28-42(50)33-36(3)49)32-35(2)39-26-29-45(30-27-39)51(43-15-7-5-8-16-43,44-17-9-6-10-18-44)47-20-12-11-19-46(47)41-14-13-31-48-34-41/h5-22,24-27,29-31,33-35,38,50H,4,23,28,32H2,1-3H3. The van der Waals surface area contributed by atoms with Crippen LogP contribution in [0.2, 0.25) is 0 Å². The van der Waals surface area contributed by atoms with E-state index >= 15 is 0 Å². The van der Waals surface area contributed by atoms with Gasteiger partial charge < -0.3 is 5.11 Å². The van der Waals surface area contributed by atoms with Gasteiger partial charge in [-0.1, -0.05) is 153 Å². The Morgan fingerprint density at radius 1 is 0.725 bits per heavy atom. The van der Waals surface area contributed by atoms with E-state index in [9.17, 15) is 9.90 Å². The van der Waals surface area contributed by atoms with Crippen LogP contribution in [0.4, 0.5) is 0 Å². The molecular formula is C47H47NO2Si. The molecule has 0 fully saturated rings. The van der Waals surface area contributed by atoms with Crippen LogP contribution in [0.1, 0.15) is 68.6 Å². The molecule has 1 N–H and O–H groups in total. The first-order valence-corrected chi connectivity index (χ1v) is 20.1. The third kappa shape index (κ3) is 8.03. The van der Waals surface area contributed by atoms with Gasteiger partial charge in [-0.15, -0.1) is 0 Å². The van der Waals surface area contributed by atoms with Crippen LogP contribution in [0.5, 0.6) is 0 Å². The van der Waals surface area contributed by atoms with E-state index in [1.54, 1.807) is 0 Å². The van der Waals surface area contributed by atoms with Crippen molar-refractivity contribution < 1.29 is 9.90 Å². The molecule has 1 heterocycles. The molecule has 0 amide bonds. The fourth-order valence-electron chi connectivity index (χ4n) is 7.63. The van der Waals surface area contributed by atoms with Gasteiger partial charge >= 0.3 is 0 Å². The second-order valence-corrected chi connectivity index (χ2v) is 17.4. The van der Waals surface area contributed by atoms with Gasteiger partial charge in [-0.05, 0) is 92.7 Å². The third-order valence-corrected chi connectivity index (χ3v) is 15.1. The molecule has 0 aliphatic carbocycles. The number of aromatic nitrogens is 1. The predicted octanol–water partition coefficient (Wildman–Crippen LogP) is 8.78. The van der Waals surface area contributed by atoms with Crippen molar-refractivity contribution in [1.82, 2.24) is 4.98 Å². The van der Waals surface area contributed by atoms with Crippen LogP contribution in [0.15, 0.2) is 170 Å². The molecule has 0 saturated carbocycles. The number of carbonyl (C=O) groups is 1. The molecule has 2 atom stereocenters. The first kappa shape index (κ1) is 35.5. The van der Waals surface area contributed by atoms with Crippen molar-refractivity contribution in [3.8, 4) is 11.1 Å². The molecule has 6 aromatic rings. The van der Waals surface area contributed by atoms with Gasteiger partial charge in [0.1, 0.15) is 0 Å². The second kappa shape index (κ2) is 16.6. The Hall–Kier alpha value is -5.32. The Kier molecular flexibility index (Phi) is 11.5. The molecule has 51 heavy (non-hydrogen) atoms. The van der Waals surface area contributed by atoms with Gasteiger partial charge in [0.25, 0.3) is 0 Å². The van der Waals surface area contributed by atoms with E-state index in [4.69, 9.17) is 0 Å². The Balaban J connectivity index is 1.34. The minimum Gasteiger partial charge on any atom is -0.512 e. The molecule has 2 unspecified atom stereocenters. The number of carbonyl (C=O) groups excluding carboxylic acids is 1. The van der Waals surface area contributed by atoms with E-state index in [1.165, 1.54) is 50.4 Å². The lowest BCUT2D eigenvalue weighted by Crippen LogP contribution is -2.75. The lowest BCUT2D eigenvalue weighted by Gasteiger charge is -2.36. The molecule has 6 rings (SSSR count). The molecular weight excluding hydrogens is 639 g/mol. The molecule has 4 heteroatoms. The van der Waals surface area contributed by atoms with E-state index in [2.05, 4.69) is 158 Å². The average molecular weight is 686 g/mol. The summed E-state index contributed by atoms with van der Waals surface area (Å²) in [5.41, 5.74) is 6.22. The molecule has 0 spiro atoms. The van der Waals surface area contributed by atoms with Gasteiger partial charge in [0.15, 0.2) is 13.9 Å². The van der Waals surface area contributed by atoms with Gasteiger partial charge in [-0.3, -0.25) is 9.78 Å². The molecule has 3 nitrogen and oxygen atoms in total. The number of benzene rings is 5. The highest BCUT2D eigenvalue weighted by molar-refractivity contribution is 7.20. The average Bonchev–Trinajstić information content (AvgIpc) is 3.18. The van der Waals surface area contributed by atoms with Crippen molar-refractivity contribution in [3.05, 3.63) is 187 Å². The molecule has 0 saturated heterocycles. The first-order valence-electron chi connectivity index (χ1n) is 18.1. The van der Waals surface area contributed by atoms with E-state index in [-0.39, 0.29) is 11.5 Å². The number of rotatable bonds is 14. The van der Waals surface area contributed by atoms with Crippen LogP contribution in [-0.2, 0) is 11.2 Å². The summed E-state index contributed by atoms with van der Waals surface area (Å²) in [7, 11) is -2.77. The number of hydrogen-bond acceptors (Lipinski definition) is 3.